The van der Waals surface area contributed by atoms with Crippen molar-refractivity contribution in [3.05, 3.63) is 89.7 Å². The van der Waals surface area contributed by atoms with E-state index in [0.29, 0.717) is 0 Å². The number of nitrogens with zero attached hydrogens (tertiary/aromatic N) is 3. The first-order chi connectivity index (χ1) is 11.3. The van der Waals surface area contributed by atoms with Crippen molar-refractivity contribution < 1.29 is 0 Å². The van der Waals surface area contributed by atoms with Gasteiger partial charge in [-0.3, -0.25) is 9.58 Å². The van der Waals surface area contributed by atoms with Crippen molar-refractivity contribution in [3.8, 4) is 0 Å². The quantitative estimate of drug-likeness (QED) is 0.664. The molecule has 0 bridgehead atoms. The Labute approximate surface area is 138 Å². The van der Waals surface area contributed by atoms with Gasteiger partial charge in [-0.15, -0.1) is 0 Å². The second kappa shape index (κ2) is 7.75. The third-order valence-corrected chi connectivity index (χ3v) is 3.97. The van der Waals surface area contributed by atoms with Crippen LogP contribution in [-0.2, 0) is 26.6 Å². The lowest BCUT2D eigenvalue weighted by atomic mass is 10.1. The van der Waals surface area contributed by atoms with E-state index in [4.69, 9.17) is 0 Å². The third kappa shape index (κ3) is 4.80. The second-order valence-electron chi connectivity index (χ2n) is 5.95. The van der Waals surface area contributed by atoms with Crippen LogP contribution in [0.2, 0.25) is 0 Å². The summed E-state index contributed by atoms with van der Waals surface area (Å²) in [6, 6.07) is 21.4. The zero-order valence-electron chi connectivity index (χ0n) is 13.6. The zero-order valence-corrected chi connectivity index (χ0v) is 13.6. The van der Waals surface area contributed by atoms with Gasteiger partial charge >= 0.3 is 0 Å². The highest BCUT2D eigenvalue weighted by atomic mass is 15.2. The Balaban J connectivity index is 1.67. The normalized spacial score (nSPS) is 11.0. The lowest BCUT2D eigenvalue weighted by molar-refractivity contribution is 0.260. The van der Waals surface area contributed by atoms with Gasteiger partial charge in [-0.25, -0.2) is 0 Å². The minimum Gasteiger partial charge on any atom is -0.295 e. The molecule has 0 aliphatic heterocycles. The zero-order chi connectivity index (χ0) is 15.9. The molecular formula is C20H23N3. The van der Waals surface area contributed by atoms with Crippen molar-refractivity contribution in [1.82, 2.24) is 14.7 Å². The summed E-state index contributed by atoms with van der Waals surface area (Å²) in [4.78, 5) is 2.50. The number of hydrogen-bond acceptors (Lipinski definition) is 2. The maximum absolute atomic E-state index is 4.26. The van der Waals surface area contributed by atoms with Crippen molar-refractivity contribution in [2.75, 3.05) is 6.54 Å². The molecule has 0 aliphatic rings. The highest BCUT2D eigenvalue weighted by Gasteiger charge is 2.08. The van der Waals surface area contributed by atoms with E-state index in [1.165, 1.54) is 16.7 Å². The average Bonchev–Trinajstić information content (AvgIpc) is 3.00. The van der Waals surface area contributed by atoms with E-state index < -0.39 is 0 Å². The SMILES string of the molecule is Cn1cc(CCN(Cc2ccccc2)Cc2ccccc2)cn1. The molecule has 0 saturated heterocycles. The van der Waals surface area contributed by atoms with Crippen LogP contribution in [0.25, 0.3) is 0 Å². The summed E-state index contributed by atoms with van der Waals surface area (Å²) in [6.45, 7) is 2.96. The molecule has 0 N–H and O–H groups in total. The van der Waals surface area contributed by atoms with Crippen molar-refractivity contribution in [1.29, 1.82) is 0 Å². The van der Waals surface area contributed by atoms with E-state index in [0.717, 1.165) is 26.1 Å². The molecular weight excluding hydrogens is 282 g/mol. The van der Waals surface area contributed by atoms with Gasteiger partial charge in [0.15, 0.2) is 0 Å². The summed E-state index contributed by atoms with van der Waals surface area (Å²) in [5.41, 5.74) is 4.00. The van der Waals surface area contributed by atoms with Crippen molar-refractivity contribution in [3.63, 3.8) is 0 Å². The molecule has 0 spiro atoms. The molecule has 3 aromatic rings. The molecule has 0 radical (unpaired) electrons. The van der Waals surface area contributed by atoms with Crippen molar-refractivity contribution in [2.45, 2.75) is 19.5 Å². The smallest absolute Gasteiger partial charge is 0.0522 e. The topological polar surface area (TPSA) is 21.1 Å². The summed E-state index contributed by atoms with van der Waals surface area (Å²) < 4.78 is 1.87. The number of hydrogen-bond donors (Lipinski definition) is 0. The number of aryl methyl sites for hydroxylation is 1. The molecule has 23 heavy (non-hydrogen) atoms. The molecule has 1 heterocycles. The molecule has 2 aromatic carbocycles. The van der Waals surface area contributed by atoms with Crippen LogP contribution in [0.15, 0.2) is 73.1 Å². The summed E-state index contributed by atoms with van der Waals surface area (Å²) >= 11 is 0. The molecule has 3 heteroatoms. The Hall–Kier alpha value is -2.39. The Morgan fingerprint density at radius 2 is 1.39 bits per heavy atom. The summed E-state index contributed by atoms with van der Waals surface area (Å²) in [5.74, 6) is 0. The fraction of sp³-hybridized carbons (Fsp3) is 0.250. The number of benzene rings is 2. The minimum absolute atomic E-state index is 0.968. The summed E-state index contributed by atoms with van der Waals surface area (Å²) in [6.07, 6.45) is 5.08. The van der Waals surface area contributed by atoms with E-state index in [9.17, 15) is 0 Å². The second-order valence-corrected chi connectivity index (χ2v) is 5.95. The summed E-state index contributed by atoms with van der Waals surface area (Å²) in [5, 5.41) is 4.26. The van der Waals surface area contributed by atoms with Crippen LogP contribution in [-0.4, -0.2) is 21.2 Å². The summed E-state index contributed by atoms with van der Waals surface area (Å²) in [7, 11) is 1.97. The van der Waals surface area contributed by atoms with Crippen LogP contribution in [0.1, 0.15) is 16.7 Å². The van der Waals surface area contributed by atoms with Gasteiger partial charge < -0.3 is 0 Å². The maximum atomic E-state index is 4.26. The minimum atomic E-state index is 0.968. The third-order valence-electron chi connectivity index (χ3n) is 3.97. The lowest BCUT2D eigenvalue weighted by Crippen LogP contribution is -2.25. The van der Waals surface area contributed by atoms with E-state index in [2.05, 4.69) is 76.9 Å². The predicted octanol–water partition coefficient (Wildman–Crippen LogP) is 3.67. The monoisotopic (exact) mass is 305 g/mol. The molecule has 3 nitrogen and oxygen atoms in total. The molecule has 118 valence electrons. The van der Waals surface area contributed by atoms with E-state index in [1.807, 2.05) is 17.9 Å². The Morgan fingerprint density at radius 3 is 1.87 bits per heavy atom. The molecule has 0 atom stereocenters. The van der Waals surface area contributed by atoms with Crippen LogP contribution in [0, 0.1) is 0 Å². The van der Waals surface area contributed by atoms with Crippen LogP contribution >= 0.6 is 0 Å². The van der Waals surface area contributed by atoms with Crippen LogP contribution < -0.4 is 0 Å². The van der Waals surface area contributed by atoms with Crippen molar-refractivity contribution >= 4 is 0 Å². The molecule has 0 saturated carbocycles. The van der Waals surface area contributed by atoms with E-state index in [1.54, 1.807) is 0 Å². The standard InChI is InChI=1S/C20H23N3/c1-22-15-20(14-21-22)12-13-23(16-18-8-4-2-5-9-18)17-19-10-6-3-7-11-19/h2-11,14-15H,12-13,16-17H2,1H3. The Bertz CT molecular complexity index is 663. The van der Waals surface area contributed by atoms with E-state index >= 15 is 0 Å². The largest absolute Gasteiger partial charge is 0.295 e. The fourth-order valence-electron chi connectivity index (χ4n) is 2.79. The average molecular weight is 305 g/mol. The molecule has 0 aliphatic carbocycles. The fourth-order valence-corrected chi connectivity index (χ4v) is 2.79. The molecule has 1 aromatic heterocycles. The highest BCUT2D eigenvalue weighted by Crippen LogP contribution is 2.11. The van der Waals surface area contributed by atoms with Gasteiger partial charge in [0.1, 0.15) is 0 Å². The molecule has 0 unspecified atom stereocenters. The Morgan fingerprint density at radius 1 is 0.826 bits per heavy atom. The predicted molar refractivity (Wildman–Crippen MR) is 93.9 cm³/mol. The van der Waals surface area contributed by atoms with Crippen LogP contribution in [0.4, 0.5) is 0 Å². The first-order valence-corrected chi connectivity index (χ1v) is 8.07. The van der Waals surface area contributed by atoms with Gasteiger partial charge in [0, 0.05) is 32.9 Å². The Kier molecular flexibility index (Phi) is 5.22. The molecule has 0 fully saturated rings. The van der Waals surface area contributed by atoms with Gasteiger partial charge in [-0.05, 0) is 23.1 Å². The van der Waals surface area contributed by atoms with Gasteiger partial charge in [0.25, 0.3) is 0 Å². The first-order valence-electron chi connectivity index (χ1n) is 8.07. The molecule has 3 rings (SSSR count). The molecule has 0 amide bonds. The van der Waals surface area contributed by atoms with Crippen LogP contribution in [0.5, 0.6) is 0 Å². The first kappa shape index (κ1) is 15.5. The van der Waals surface area contributed by atoms with Gasteiger partial charge in [-0.1, -0.05) is 60.7 Å². The van der Waals surface area contributed by atoms with Crippen LogP contribution in [0.3, 0.4) is 0 Å². The highest BCUT2D eigenvalue weighted by molar-refractivity contribution is 5.17. The number of aromatic nitrogens is 2. The van der Waals surface area contributed by atoms with Crippen molar-refractivity contribution in [2.24, 2.45) is 7.05 Å². The van der Waals surface area contributed by atoms with Gasteiger partial charge in [-0.2, -0.15) is 5.10 Å². The van der Waals surface area contributed by atoms with Gasteiger partial charge in [0.05, 0.1) is 6.20 Å². The van der Waals surface area contributed by atoms with Gasteiger partial charge in [0.2, 0.25) is 0 Å². The van der Waals surface area contributed by atoms with E-state index in [-0.39, 0.29) is 0 Å². The number of rotatable bonds is 7. The lowest BCUT2D eigenvalue weighted by Gasteiger charge is -2.22. The maximum Gasteiger partial charge on any atom is 0.0522 e.